The minimum Gasteiger partial charge on any atom is -0.473 e. The number of nitrogens with zero attached hydrogens (tertiary/aromatic N) is 4. The lowest BCUT2D eigenvalue weighted by Crippen LogP contribution is -2.45. The van der Waals surface area contributed by atoms with Gasteiger partial charge < -0.3 is 20.9 Å². The minimum atomic E-state index is -0.950. The fraction of sp³-hybridized carbons (Fsp3) is 0.645. The Morgan fingerprint density at radius 2 is 2.02 bits per heavy atom. The van der Waals surface area contributed by atoms with Gasteiger partial charge in [-0.15, -0.1) is 0 Å². The van der Waals surface area contributed by atoms with Crippen molar-refractivity contribution in [3.05, 3.63) is 29.2 Å². The average molecular weight is 565 g/mol. The minimum absolute atomic E-state index is 0.0441. The zero-order chi connectivity index (χ0) is 29.0. The molecule has 0 amide bonds. The second kappa shape index (κ2) is 12.8. The number of rotatable bonds is 8. The number of ether oxygens (including phenoxy) is 2. The van der Waals surface area contributed by atoms with E-state index in [0.29, 0.717) is 61.0 Å². The summed E-state index contributed by atoms with van der Waals surface area (Å²) in [7, 11) is 2.10. The second-order valence-corrected chi connectivity index (χ2v) is 12.1. The third kappa shape index (κ3) is 6.38. The van der Waals surface area contributed by atoms with Crippen molar-refractivity contribution in [1.29, 1.82) is 0 Å². The topological polar surface area (TPSA) is 146 Å². The largest absolute Gasteiger partial charge is 0.473 e. The van der Waals surface area contributed by atoms with Gasteiger partial charge in [-0.25, -0.2) is 4.98 Å². The summed E-state index contributed by atoms with van der Waals surface area (Å²) < 4.78 is 11.8. The number of Topliss-reactive ketones (excluding diaryl/α,β-unsaturated/α-hetero) is 2. The first kappa shape index (κ1) is 29.4. The monoisotopic (exact) mass is 564 g/mol. The number of hydrogen-bond donors (Lipinski definition) is 2. The van der Waals surface area contributed by atoms with Crippen LogP contribution >= 0.6 is 0 Å². The maximum atomic E-state index is 13.8. The molecule has 1 aromatic heterocycles. The Morgan fingerprint density at radius 1 is 1.20 bits per heavy atom. The van der Waals surface area contributed by atoms with Crippen LogP contribution in [0.3, 0.4) is 0 Å². The number of nitrogens with two attached hydrogens (primary N) is 2. The molecule has 0 unspecified atom stereocenters. The number of carbonyl (C=O) groups is 2. The SMILES string of the molecule is C[C@H](Oc1cc(C(N)=CC=NC[C@H]2CCOC2)nc(C(N)=C2CCC[C@@]3(CCCCC3=O)C2=O)n1)[C@@H]1CCCN1C. The Balaban J connectivity index is 1.46. The number of aromatic nitrogens is 2. The average Bonchev–Trinajstić information content (AvgIpc) is 3.65. The number of carbonyl (C=O) groups excluding carboxylic acids is 2. The van der Waals surface area contributed by atoms with Crippen LogP contribution in [0, 0.1) is 11.3 Å². The molecule has 2 aliphatic carbocycles. The Bertz CT molecular complexity index is 1230. The molecule has 222 valence electrons. The van der Waals surface area contributed by atoms with Crippen LogP contribution in [0.4, 0.5) is 0 Å². The van der Waals surface area contributed by atoms with E-state index in [1.165, 1.54) is 0 Å². The first-order chi connectivity index (χ1) is 19.8. The van der Waals surface area contributed by atoms with Crippen LogP contribution < -0.4 is 16.2 Å². The Kier molecular flexibility index (Phi) is 9.19. The smallest absolute Gasteiger partial charge is 0.217 e. The van der Waals surface area contributed by atoms with Crippen molar-refractivity contribution < 1.29 is 19.1 Å². The normalized spacial score (nSPS) is 30.0. The van der Waals surface area contributed by atoms with Gasteiger partial charge in [-0.1, -0.05) is 6.42 Å². The molecule has 2 saturated heterocycles. The number of hydrogen-bond acceptors (Lipinski definition) is 10. The van der Waals surface area contributed by atoms with Crippen molar-refractivity contribution in [3.8, 4) is 5.88 Å². The summed E-state index contributed by atoms with van der Waals surface area (Å²) >= 11 is 0. The van der Waals surface area contributed by atoms with Gasteiger partial charge >= 0.3 is 0 Å². The molecule has 10 heteroatoms. The molecule has 4 aliphatic rings. The highest BCUT2D eigenvalue weighted by Gasteiger charge is 2.49. The van der Waals surface area contributed by atoms with Gasteiger partial charge in [-0.05, 0) is 78.0 Å². The maximum absolute atomic E-state index is 13.8. The summed E-state index contributed by atoms with van der Waals surface area (Å²) in [6.07, 6.45) is 11.0. The van der Waals surface area contributed by atoms with E-state index >= 15 is 0 Å². The molecule has 2 aliphatic heterocycles. The lowest BCUT2D eigenvalue weighted by molar-refractivity contribution is -0.143. The number of allylic oxidation sites excluding steroid dienone is 2. The molecule has 0 radical (unpaired) electrons. The summed E-state index contributed by atoms with van der Waals surface area (Å²) in [5.41, 5.74) is 13.7. The van der Waals surface area contributed by atoms with Gasteiger partial charge in [-0.2, -0.15) is 4.98 Å². The standard InChI is InChI=1S/C31H44N6O4/c1-20(25-8-6-15-37(25)2)41-27-17-24(23(32)10-14-34-18-21-11-16-40-19-21)35-30(36-27)28(33)22-7-5-13-31(29(22)39)12-4-3-9-26(31)38/h10,14,17,20-21,25H,3-9,11-13,15-16,18-19,32-33H2,1-2H3/t20-,21+,25-,31+/m0/s1. The van der Waals surface area contributed by atoms with Gasteiger partial charge in [0.1, 0.15) is 11.9 Å². The van der Waals surface area contributed by atoms with Gasteiger partial charge in [0.25, 0.3) is 0 Å². The van der Waals surface area contributed by atoms with E-state index in [1.807, 2.05) is 6.92 Å². The van der Waals surface area contributed by atoms with Crippen molar-refractivity contribution in [3.63, 3.8) is 0 Å². The van der Waals surface area contributed by atoms with E-state index in [-0.39, 0.29) is 35.2 Å². The van der Waals surface area contributed by atoms with Crippen LogP contribution in [0.5, 0.6) is 5.88 Å². The molecule has 4 fully saturated rings. The molecular formula is C31H44N6O4. The van der Waals surface area contributed by atoms with Crippen molar-refractivity contribution >= 4 is 29.2 Å². The highest BCUT2D eigenvalue weighted by atomic mass is 16.5. The third-order valence-corrected chi connectivity index (χ3v) is 9.27. The maximum Gasteiger partial charge on any atom is 0.217 e. The molecule has 5 rings (SSSR count). The van der Waals surface area contributed by atoms with E-state index in [0.717, 1.165) is 58.3 Å². The van der Waals surface area contributed by atoms with Gasteiger partial charge in [0.2, 0.25) is 5.88 Å². The predicted octanol–water partition coefficient (Wildman–Crippen LogP) is 3.30. The molecule has 4 N–H and O–H groups in total. The predicted molar refractivity (Wildman–Crippen MR) is 158 cm³/mol. The van der Waals surface area contributed by atoms with Gasteiger partial charge in [-0.3, -0.25) is 19.5 Å². The van der Waals surface area contributed by atoms with Crippen LogP contribution in [0.25, 0.3) is 11.4 Å². The van der Waals surface area contributed by atoms with E-state index in [9.17, 15) is 9.59 Å². The molecule has 1 spiro atoms. The highest BCUT2D eigenvalue weighted by Crippen LogP contribution is 2.45. The zero-order valence-corrected chi connectivity index (χ0v) is 24.4. The Labute approximate surface area is 242 Å². The van der Waals surface area contributed by atoms with Crippen molar-refractivity contribution in [2.45, 2.75) is 83.3 Å². The van der Waals surface area contributed by atoms with Crippen molar-refractivity contribution in [2.75, 3.05) is 33.4 Å². The summed E-state index contributed by atoms with van der Waals surface area (Å²) in [5.74, 6) is 0.868. The number of aliphatic imine (C=N–C) groups is 1. The van der Waals surface area contributed by atoms with E-state index < -0.39 is 5.41 Å². The lowest BCUT2D eigenvalue weighted by Gasteiger charge is -2.38. The van der Waals surface area contributed by atoms with Crippen LogP contribution in [-0.4, -0.2) is 78.1 Å². The number of likely N-dealkylation sites (N-methyl/N-ethyl adjacent to an activating group) is 1. The number of likely N-dealkylation sites (tertiary alicyclic amines) is 1. The fourth-order valence-corrected chi connectivity index (χ4v) is 6.78. The molecule has 0 bridgehead atoms. The molecule has 10 nitrogen and oxygen atoms in total. The molecule has 0 aromatic carbocycles. The van der Waals surface area contributed by atoms with Crippen LogP contribution in [0.15, 0.2) is 22.7 Å². The third-order valence-electron chi connectivity index (χ3n) is 9.27. The molecule has 3 heterocycles. The van der Waals surface area contributed by atoms with Crippen LogP contribution in [0.1, 0.15) is 82.7 Å². The van der Waals surface area contributed by atoms with Crippen molar-refractivity contribution in [2.24, 2.45) is 27.8 Å². The molecular weight excluding hydrogens is 520 g/mol. The van der Waals surface area contributed by atoms with Gasteiger partial charge in [0.15, 0.2) is 11.6 Å². The first-order valence-electron chi connectivity index (χ1n) is 15.2. The summed E-state index contributed by atoms with van der Waals surface area (Å²) in [4.78, 5) is 42.9. The van der Waals surface area contributed by atoms with Gasteiger partial charge in [0, 0.05) is 49.4 Å². The number of ketones is 2. The first-order valence-corrected chi connectivity index (χ1v) is 15.2. The van der Waals surface area contributed by atoms with E-state index in [1.54, 1.807) is 18.4 Å². The summed E-state index contributed by atoms with van der Waals surface area (Å²) in [6, 6.07) is 1.98. The van der Waals surface area contributed by atoms with Gasteiger partial charge in [0.05, 0.1) is 29.1 Å². The van der Waals surface area contributed by atoms with E-state index in [2.05, 4.69) is 26.9 Å². The molecule has 2 saturated carbocycles. The molecule has 1 aromatic rings. The zero-order valence-electron chi connectivity index (χ0n) is 24.4. The summed E-state index contributed by atoms with van der Waals surface area (Å²) in [6.45, 7) is 5.27. The second-order valence-electron chi connectivity index (χ2n) is 12.1. The fourth-order valence-electron chi connectivity index (χ4n) is 6.78. The quantitative estimate of drug-likeness (QED) is 0.276. The Morgan fingerprint density at radius 3 is 2.76 bits per heavy atom. The van der Waals surface area contributed by atoms with Crippen LogP contribution in [0.2, 0.25) is 0 Å². The Hall–Kier alpha value is -3.11. The molecule has 4 atom stereocenters. The molecule has 41 heavy (non-hydrogen) atoms. The van der Waals surface area contributed by atoms with E-state index in [4.69, 9.17) is 20.9 Å². The highest BCUT2D eigenvalue weighted by molar-refractivity contribution is 6.17. The van der Waals surface area contributed by atoms with Crippen molar-refractivity contribution in [1.82, 2.24) is 14.9 Å². The summed E-state index contributed by atoms with van der Waals surface area (Å²) in [5, 5.41) is 0. The van der Waals surface area contributed by atoms with Crippen LogP contribution in [-0.2, 0) is 14.3 Å². The lowest BCUT2D eigenvalue weighted by atomic mass is 9.62.